The molecular weight excluding hydrogens is 240 g/mol. The van der Waals surface area contributed by atoms with E-state index in [0.29, 0.717) is 0 Å². The Kier molecular flexibility index (Phi) is 15.3. The van der Waals surface area contributed by atoms with Crippen LogP contribution in [0.25, 0.3) is 6.08 Å². The number of hydrogen-bond donors (Lipinski definition) is 1. The van der Waals surface area contributed by atoms with E-state index < -0.39 is 5.97 Å². The van der Waals surface area contributed by atoms with E-state index in [1.165, 1.54) is 7.11 Å². The van der Waals surface area contributed by atoms with Crippen LogP contribution >= 0.6 is 0 Å². The van der Waals surface area contributed by atoms with Gasteiger partial charge in [-0.1, -0.05) is 62.2 Å². The fraction of sp³-hybridized carbons (Fsp3) is 0.0625. The number of carbonyl (C=O) groups excluding carboxylic acids is 1. The van der Waals surface area contributed by atoms with Gasteiger partial charge in [0.1, 0.15) is 0 Å². The van der Waals surface area contributed by atoms with E-state index in [4.69, 9.17) is 5.11 Å². The molecule has 0 aliphatic heterocycles. The van der Waals surface area contributed by atoms with Gasteiger partial charge in [-0.25, -0.2) is 4.79 Å². The first kappa shape index (κ1) is 18.8. The molecule has 0 heterocycles. The SMILES string of the molecule is C=CC(=O)OC.C=CC=C.OC=Cc1ccccc1. The minimum atomic E-state index is -0.394. The molecular formula is C16H20O3. The molecule has 3 nitrogen and oxygen atoms in total. The Morgan fingerprint density at radius 1 is 1.16 bits per heavy atom. The van der Waals surface area contributed by atoms with Gasteiger partial charge in [-0.3, -0.25) is 0 Å². The number of hydrogen-bond acceptors (Lipinski definition) is 3. The second kappa shape index (κ2) is 15.4. The predicted octanol–water partition coefficient (Wildman–Crippen LogP) is 3.92. The van der Waals surface area contributed by atoms with E-state index in [9.17, 15) is 4.79 Å². The van der Waals surface area contributed by atoms with Gasteiger partial charge in [0, 0.05) is 6.08 Å². The highest BCUT2D eigenvalue weighted by atomic mass is 16.5. The number of aliphatic hydroxyl groups excluding tert-OH is 1. The molecule has 0 fully saturated rings. The third-order valence-electron chi connectivity index (χ3n) is 1.60. The molecule has 102 valence electrons. The van der Waals surface area contributed by atoms with E-state index in [2.05, 4.69) is 24.5 Å². The summed E-state index contributed by atoms with van der Waals surface area (Å²) in [6.45, 7) is 9.88. The zero-order chi connectivity index (χ0) is 14.9. The number of rotatable bonds is 3. The van der Waals surface area contributed by atoms with Gasteiger partial charge >= 0.3 is 5.97 Å². The number of methoxy groups -OCH3 is 1. The van der Waals surface area contributed by atoms with Crippen molar-refractivity contribution in [3.05, 3.63) is 80.1 Å². The molecule has 0 aromatic heterocycles. The maximum absolute atomic E-state index is 9.84. The van der Waals surface area contributed by atoms with Crippen LogP contribution in [0.4, 0.5) is 0 Å². The van der Waals surface area contributed by atoms with E-state index in [0.717, 1.165) is 17.9 Å². The maximum atomic E-state index is 9.84. The third kappa shape index (κ3) is 15.4. The molecule has 0 aliphatic rings. The minimum Gasteiger partial charge on any atom is -0.516 e. The van der Waals surface area contributed by atoms with Gasteiger partial charge in [0.05, 0.1) is 13.4 Å². The van der Waals surface area contributed by atoms with Crippen LogP contribution in [0.2, 0.25) is 0 Å². The highest BCUT2D eigenvalue weighted by Gasteiger charge is 1.82. The van der Waals surface area contributed by atoms with Crippen LogP contribution in [0.15, 0.2) is 74.6 Å². The molecule has 1 aromatic rings. The first-order chi connectivity index (χ1) is 9.15. The van der Waals surface area contributed by atoms with Crippen LogP contribution in [0.1, 0.15) is 5.56 Å². The molecule has 0 saturated carbocycles. The molecule has 0 radical (unpaired) electrons. The Balaban J connectivity index is 0. The average Bonchev–Trinajstić information content (AvgIpc) is 2.48. The molecule has 0 spiro atoms. The maximum Gasteiger partial charge on any atom is 0.329 e. The van der Waals surface area contributed by atoms with Crippen LogP contribution in [-0.4, -0.2) is 18.2 Å². The molecule has 1 N–H and O–H groups in total. The quantitative estimate of drug-likeness (QED) is 0.388. The highest BCUT2D eigenvalue weighted by molar-refractivity contribution is 5.80. The van der Waals surface area contributed by atoms with Crippen molar-refractivity contribution in [2.45, 2.75) is 0 Å². The van der Waals surface area contributed by atoms with Gasteiger partial charge in [-0.2, -0.15) is 0 Å². The molecule has 3 heteroatoms. The minimum absolute atomic E-state index is 0.394. The molecule has 0 bridgehead atoms. The number of benzene rings is 1. The lowest BCUT2D eigenvalue weighted by Gasteiger charge is -1.86. The second-order valence-corrected chi connectivity index (χ2v) is 2.93. The Bertz CT molecular complexity index is 386. The summed E-state index contributed by atoms with van der Waals surface area (Å²) in [5.41, 5.74) is 1.01. The fourth-order valence-corrected chi connectivity index (χ4v) is 0.734. The normalized spacial score (nSPS) is 8.05. The largest absolute Gasteiger partial charge is 0.516 e. The standard InChI is InChI=1S/C8H8O.C4H6O2.C4H6/c9-7-6-8-4-2-1-3-5-8;1-3-4(5)6-2;1-3-4-2/h1-7,9H;3H,1H2,2H3;3-4H,1-2H2. The van der Waals surface area contributed by atoms with Crippen molar-refractivity contribution in [2.24, 2.45) is 0 Å². The van der Waals surface area contributed by atoms with Crippen LogP contribution in [0.5, 0.6) is 0 Å². The van der Waals surface area contributed by atoms with Crippen molar-refractivity contribution in [3.8, 4) is 0 Å². The summed E-state index contributed by atoms with van der Waals surface area (Å²) in [5.74, 6) is -0.394. The van der Waals surface area contributed by atoms with E-state index in [1.807, 2.05) is 30.3 Å². The Morgan fingerprint density at radius 3 is 1.95 bits per heavy atom. The Labute approximate surface area is 114 Å². The van der Waals surface area contributed by atoms with Crippen LogP contribution < -0.4 is 0 Å². The lowest BCUT2D eigenvalue weighted by Crippen LogP contribution is -1.91. The summed E-state index contributed by atoms with van der Waals surface area (Å²) in [7, 11) is 1.31. The summed E-state index contributed by atoms with van der Waals surface area (Å²) in [6.07, 6.45) is 7.06. The van der Waals surface area contributed by atoms with Crippen molar-refractivity contribution >= 4 is 12.0 Å². The molecule has 1 rings (SSSR count). The number of carbonyl (C=O) groups is 1. The van der Waals surface area contributed by atoms with Crippen molar-refractivity contribution in [1.29, 1.82) is 0 Å². The van der Waals surface area contributed by atoms with Crippen molar-refractivity contribution < 1.29 is 14.6 Å². The molecule has 0 unspecified atom stereocenters. The lowest BCUT2D eigenvalue weighted by molar-refractivity contribution is -0.134. The molecule has 0 atom stereocenters. The van der Waals surface area contributed by atoms with Gasteiger partial charge < -0.3 is 9.84 Å². The van der Waals surface area contributed by atoms with Crippen molar-refractivity contribution in [3.63, 3.8) is 0 Å². The third-order valence-corrected chi connectivity index (χ3v) is 1.60. The van der Waals surface area contributed by atoms with E-state index in [-0.39, 0.29) is 0 Å². The molecule has 19 heavy (non-hydrogen) atoms. The highest BCUT2D eigenvalue weighted by Crippen LogP contribution is 1.98. The zero-order valence-corrected chi connectivity index (χ0v) is 11.2. The average molecular weight is 260 g/mol. The van der Waals surface area contributed by atoms with E-state index >= 15 is 0 Å². The van der Waals surface area contributed by atoms with Crippen LogP contribution in [-0.2, 0) is 9.53 Å². The van der Waals surface area contributed by atoms with Crippen LogP contribution in [0.3, 0.4) is 0 Å². The summed E-state index contributed by atoms with van der Waals surface area (Å²) in [4.78, 5) is 9.84. The lowest BCUT2D eigenvalue weighted by atomic mass is 10.2. The summed E-state index contributed by atoms with van der Waals surface area (Å²) in [5, 5.41) is 8.34. The monoisotopic (exact) mass is 260 g/mol. The first-order valence-corrected chi connectivity index (χ1v) is 5.45. The van der Waals surface area contributed by atoms with Crippen molar-refractivity contribution in [2.75, 3.05) is 7.11 Å². The predicted molar refractivity (Wildman–Crippen MR) is 80.7 cm³/mol. The van der Waals surface area contributed by atoms with Gasteiger partial charge in [0.15, 0.2) is 0 Å². The summed E-state index contributed by atoms with van der Waals surface area (Å²) < 4.78 is 4.14. The topological polar surface area (TPSA) is 46.5 Å². The number of allylic oxidation sites excluding steroid dienone is 2. The second-order valence-electron chi connectivity index (χ2n) is 2.93. The smallest absolute Gasteiger partial charge is 0.329 e. The van der Waals surface area contributed by atoms with E-state index in [1.54, 1.807) is 18.2 Å². The fourth-order valence-electron chi connectivity index (χ4n) is 0.734. The number of ether oxygens (including phenoxy) is 1. The van der Waals surface area contributed by atoms with Gasteiger partial charge in [-0.05, 0) is 11.6 Å². The van der Waals surface area contributed by atoms with Crippen LogP contribution in [0, 0.1) is 0 Å². The molecule has 0 amide bonds. The molecule has 0 aliphatic carbocycles. The molecule has 1 aromatic carbocycles. The number of aliphatic hydroxyl groups is 1. The van der Waals surface area contributed by atoms with Gasteiger partial charge in [-0.15, -0.1) is 0 Å². The van der Waals surface area contributed by atoms with Gasteiger partial charge in [0.25, 0.3) is 0 Å². The molecule has 0 saturated heterocycles. The summed E-state index contributed by atoms with van der Waals surface area (Å²) >= 11 is 0. The summed E-state index contributed by atoms with van der Waals surface area (Å²) in [6, 6.07) is 9.64. The van der Waals surface area contributed by atoms with Gasteiger partial charge in [0.2, 0.25) is 0 Å². The number of esters is 1. The van der Waals surface area contributed by atoms with Crippen molar-refractivity contribution in [1.82, 2.24) is 0 Å². The first-order valence-electron chi connectivity index (χ1n) is 5.45. The zero-order valence-electron chi connectivity index (χ0n) is 11.2. The Morgan fingerprint density at radius 2 is 1.68 bits per heavy atom. The Hall–Kier alpha value is -2.55.